The van der Waals surface area contributed by atoms with E-state index in [0.717, 1.165) is 12.8 Å². The molecule has 1 atom stereocenters. The van der Waals surface area contributed by atoms with Gasteiger partial charge in [0, 0.05) is 13.5 Å². The summed E-state index contributed by atoms with van der Waals surface area (Å²) in [5.41, 5.74) is 0. The van der Waals surface area contributed by atoms with E-state index in [4.69, 9.17) is 9.47 Å². The first-order chi connectivity index (χ1) is 5.20. The first-order valence-corrected chi connectivity index (χ1v) is 3.93. The van der Waals surface area contributed by atoms with Gasteiger partial charge in [0.2, 0.25) is 0 Å². The molecule has 1 unspecified atom stereocenters. The average Bonchev–Trinajstić information content (AvgIpc) is 2.00. The van der Waals surface area contributed by atoms with Crippen molar-refractivity contribution >= 4 is 5.97 Å². The molecule has 0 saturated heterocycles. The van der Waals surface area contributed by atoms with Gasteiger partial charge in [-0.3, -0.25) is 4.79 Å². The van der Waals surface area contributed by atoms with Crippen molar-refractivity contribution in [3.8, 4) is 0 Å². The van der Waals surface area contributed by atoms with Gasteiger partial charge in [0.15, 0.2) is 6.29 Å². The van der Waals surface area contributed by atoms with Crippen molar-refractivity contribution in [3.63, 3.8) is 0 Å². The van der Waals surface area contributed by atoms with Gasteiger partial charge < -0.3 is 9.47 Å². The minimum absolute atomic E-state index is 0.179. The van der Waals surface area contributed by atoms with Crippen molar-refractivity contribution in [2.24, 2.45) is 0 Å². The largest absolute Gasteiger partial charge is 0.436 e. The molecule has 3 heteroatoms. The first kappa shape index (κ1) is 10.4. The Kier molecular flexibility index (Phi) is 5.84. The van der Waals surface area contributed by atoms with E-state index in [-0.39, 0.29) is 5.97 Å². The molecule has 66 valence electrons. The molecule has 0 aromatic rings. The van der Waals surface area contributed by atoms with Crippen LogP contribution in [0.1, 0.15) is 33.1 Å². The fourth-order valence-electron chi connectivity index (χ4n) is 0.613. The van der Waals surface area contributed by atoms with Crippen LogP contribution in [0.25, 0.3) is 0 Å². The fourth-order valence-corrected chi connectivity index (χ4v) is 0.613. The molecule has 0 amide bonds. The van der Waals surface area contributed by atoms with Crippen LogP contribution in [0, 0.1) is 0 Å². The number of hydrogen-bond acceptors (Lipinski definition) is 3. The van der Waals surface area contributed by atoms with E-state index in [1.54, 1.807) is 6.92 Å². The highest BCUT2D eigenvalue weighted by Gasteiger charge is 2.06. The molecule has 3 nitrogen and oxygen atoms in total. The summed E-state index contributed by atoms with van der Waals surface area (Å²) in [5.74, 6) is -0.179. The topological polar surface area (TPSA) is 35.5 Å². The lowest BCUT2D eigenvalue weighted by atomic mass is 10.2. The number of methoxy groups -OCH3 is 1. The molecule has 0 aromatic carbocycles. The lowest BCUT2D eigenvalue weighted by Crippen LogP contribution is -2.15. The molecule has 0 rings (SSSR count). The summed E-state index contributed by atoms with van der Waals surface area (Å²) >= 11 is 0. The second-order valence-corrected chi connectivity index (χ2v) is 2.40. The second kappa shape index (κ2) is 6.16. The number of unbranched alkanes of at least 4 members (excludes halogenated alkanes) is 1. The molecule has 0 aliphatic carbocycles. The summed E-state index contributed by atoms with van der Waals surface area (Å²) in [6, 6.07) is 0. The smallest absolute Gasteiger partial charge is 0.308 e. The summed E-state index contributed by atoms with van der Waals surface area (Å²) < 4.78 is 9.60. The van der Waals surface area contributed by atoms with Crippen LogP contribution >= 0.6 is 0 Å². The van der Waals surface area contributed by atoms with Crippen molar-refractivity contribution in [3.05, 3.63) is 0 Å². The van der Waals surface area contributed by atoms with Crippen LogP contribution in [-0.2, 0) is 14.3 Å². The number of rotatable bonds is 5. The van der Waals surface area contributed by atoms with Crippen LogP contribution in [0.5, 0.6) is 0 Å². The Balaban J connectivity index is 3.36. The first-order valence-electron chi connectivity index (χ1n) is 3.93. The normalized spacial score (nSPS) is 12.6. The Morgan fingerprint density at radius 1 is 1.55 bits per heavy atom. The minimum atomic E-state index is -0.417. The molecule has 0 heterocycles. The molecular formula is C8H16O3. The van der Waals surface area contributed by atoms with Crippen molar-refractivity contribution in [1.82, 2.24) is 0 Å². The zero-order valence-corrected chi connectivity index (χ0v) is 7.42. The molecule has 0 N–H and O–H groups in total. The van der Waals surface area contributed by atoms with Gasteiger partial charge in [0.05, 0.1) is 0 Å². The van der Waals surface area contributed by atoms with Gasteiger partial charge in [-0.25, -0.2) is 0 Å². The number of hydrogen-bond donors (Lipinski definition) is 0. The summed E-state index contributed by atoms with van der Waals surface area (Å²) in [6.07, 6.45) is 1.97. The van der Waals surface area contributed by atoms with Gasteiger partial charge >= 0.3 is 5.97 Å². The number of esters is 1. The van der Waals surface area contributed by atoms with E-state index >= 15 is 0 Å². The molecule has 0 aromatic heterocycles. The van der Waals surface area contributed by atoms with Gasteiger partial charge in [-0.05, 0) is 13.3 Å². The Labute approximate surface area is 67.7 Å². The second-order valence-electron chi connectivity index (χ2n) is 2.40. The quantitative estimate of drug-likeness (QED) is 0.453. The summed E-state index contributed by atoms with van der Waals surface area (Å²) in [4.78, 5) is 10.9. The third-order valence-corrected chi connectivity index (χ3v) is 1.36. The molecule has 0 aliphatic rings. The minimum Gasteiger partial charge on any atom is -0.436 e. The molecule has 0 fully saturated rings. The van der Waals surface area contributed by atoms with E-state index in [0.29, 0.717) is 6.42 Å². The van der Waals surface area contributed by atoms with Crippen LogP contribution in [0.15, 0.2) is 0 Å². The number of ether oxygens (including phenoxy) is 2. The van der Waals surface area contributed by atoms with E-state index in [9.17, 15) is 4.79 Å². The lowest BCUT2D eigenvalue weighted by Gasteiger charge is -2.10. The van der Waals surface area contributed by atoms with Crippen LogP contribution in [-0.4, -0.2) is 19.4 Å². The third kappa shape index (κ3) is 5.85. The van der Waals surface area contributed by atoms with Gasteiger partial charge in [-0.2, -0.15) is 0 Å². The van der Waals surface area contributed by atoms with Crippen LogP contribution in [0.2, 0.25) is 0 Å². The molecular weight excluding hydrogens is 144 g/mol. The zero-order valence-electron chi connectivity index (χ0n) is 7.42. The van der Waals surface area contributed by atoms with Crippen LogP contribution in [0.3, 0.4) is 0 Å². The van der Waals surface area contributed by atoms with Crippen LogP contribution in [0.4, 0.5) is 0 Å². The highest BCUT2D eigenvalue weighted by atomic mass is 16.7. The SMILES string of the molecule is CCCCC(=O)OC(C)OC. The van der Waals surface area contributed by atoms with Crippen molar-refractivity contribution < 1.29 is 14.3 Å². The van der Waals surface area contributed by atoms with Crippen molar-refractivity contribution in [2.75, 3.05) is 7.11 Å². The zero-order chi connectivity index (χ0) is 8.69. The maximum Gasteiger partial charge on any atom is 0.308 e. The number of carbonyl (C=O) groups excluding carboxylic acids is 1. The molecule has 0 aliphatic heterocycles. The number of carbonyl (C=O) groups is 1. The highest BCUT2D eigenvalue weighted by Crippen LogP contribution is 1.99. The maximum absolute atomic E-state index is 10.9. The van der Waals surface area contributed by atoms with E-state index in [1.807, 2.05) is 6.92 Å². The monoisotopic (exact) mass is 160 g/mol. The van der Waals surface area contributed by atoms with Crippen molar-refractivity contribution in [2.45, 2.75) is 39.4 Å². The van der Waals surface area contributed by atoms with Crippen molar-refractivity contribution in [1.29, 1.82) is 0 Å². The van der Waals surface area contributed by atoms with E-state index in [1.165, 1.54) is 7.11 Å². The maximum atomic E-state index is 10.9. The van der Waals surface area contributed by atoms with Gasteiger partial charge in [-0.1, -0.05) is 13.3 Å². The standard InChI is InChI=1S/C8H16O3/c1-4-5-6-8(9)11-7(2)10-3/h7H,4-6H2,1-3H3. The predicted molar refractivity (Wildman–Crippen MR) is 42.1 cm³/mol. The molecule has 0 bridgehead atoms. The lowest BCUT2D eigenvalue weighted by molar-refractivity contribution is -0.169. The summed E-state index contributed by atoms with van der Waals surface area (Å²) in [5, 5.41) is 0. The average molecular weight is 160 g/mol. The molecule has 0 saturated carbocycles. The fraction of sp³-hybridized carbons (Fsp3) is 0.875. The Morgan fingerprint density at radius 2 is 2.18 bits per heavy atom. The molecule has 0 spiro atoms. The van der Waals surface area contributed by atoms with Gasteiger partial charge in [0.25, 0.3) is 0 Å². The third-order valence-electron chi connectivity index (χ3n) is 1.36. The van der Waals surface area contributed by atoms with E-state index < -0.39 is 6.29 Å². The molecule has 0 radical (unpaired) electrons. The summed E-state index contributed by atoms with van der Waals surface area (Å²) in [7, 11) is 1.51. The Hall–Kier alpha value is -0.570. The predicted octanol–water partition coefficient (Wildman–Crippen LogP) is 1.71. The van der Waals surface area contributed by atoms with Crippen LogP contribution < -0.4 is 0 Å². The highest BCUT2D eigenvalue weighted by molar-refractivity contribution is 5.69. The summed E-state index contributed by atoms with van der Waals surface area (Å²) in [6.45, 7) is 3.73. The Bertz CT molecular complexity index is 112. The van der Waals surface area contributed by atoms with Gasteiger partial charge in [-0.15, -0.1) is 0 Å². The molecule has 11 heavy (non-hydrogen) atoms. The van der Waals surface area contributed by atoms with E-state index in [2.05, 4.69) is 0 Å². The Morgan fingerprint density at radius 3 is 2.64 bits per heavy atom. The van der Waals surface area contributed by atoms with Gasteiger partial charge in [0.1, 0.15) is 0 Å².